The molecule has 1 fully saturated rings. The Morgan fingerprint density at radius 3 is 2.71 bits per heavy atom. The molecule has 1 N–H and O–H groups in total. The lowest BCUT2D eigenvalue weighted by atomic mass is 9.78. The van der Waals surface area contributed by atoms with E-state index in [2.05, 4.69) is 19.2 Å². The van der Waals surface area contributed by atoms with Crippen molar-refractivity contribution >= 4 is 5.97 Å². The minimum absolute atomic E-state index is 0.0862. The molecular formula is C14H27NO2. The zero-order valence-electron chi connectivity index (χ0n) is 11.5. The van der Waals surface area contributed by atoms with Crippen LogP contribution in [0.15, 0.2) is 0 Å². The summed E-state index contributed by atoms with van der Waals surface area (Å²) in [7, 11) is 0. The van der Waals surface area contributed by atoms with Crippen molar-refractivity contribution in [3.8, 4) is 0 Å². The fraction of sp³-hybridized carbons (Fsp3) is 0.929. The standard InChI is InChI=1S/C14H27NO2/c1-4-17-14(16)9-10-15-13-8-6-5-7-12(13)11(2)3/h11-13,15H,4-10H2,1-3H3. The lowest BCUT2D eigenvalue weighted by Crippen LogP contribution is -2.41. The van der Waals surface area contributed by atoms with Gasteiger partial charge in [0.05, 0.1) is 13.0 Å². The molecule has 17 heavy (non-hydrogen) atoms. The predicted molar refractivity (Wildman–Crippen MR) is 69.8 cm³/mol. The van der Waals surface area contributed by atoms with Crippen LogP contribution in [0.2, 0.25) is 0 Å². The maximum absolute atomic E-state index is 11.2. The lowest BCUT2D eigenvalue weighted by molar-refractivity contribution is -0.143. The second kappa shape index (κ2) is 7.70. The highest BCUT2D eigenvalue weighted by Gasteiger charge is 2.26. The van der Waals surface area contributed by atoms with E-state index in [1.54, 1.807) is 0 Å². The van der Waals surface area contributed by atoms with Gasteiger partial charge in [-0.05, 0) is 31.6 Å². The number of hydrogen-bond donors (Lipinski definition) is 1. The summed E-state index contributed by atoms with van der Waals surface area (Å²) < 4.78 is 4.93. The molecule has 1 saturated carbocycles. The summed E-state index contributed by atoms with van der Waals surface area (Å²) in [5.41, 5.74) is 0. The first-order chi connectivity index (χ1) is 8.15. The van der Waals surface area contributed by atoms with Crippen LogP contribution in [-0.2, 0) is 9.53 Å². The minimum atomic E-state index is -0.0862. The van der Waals surface area contributed by atoms with Gasteiger partial charge in [0.1, 0.15) is 0 Å². The third kappa shape index (κ3) is 5.07. The van der Waals surface area contributed by atoms with Crippen LogP contribution in [0.5, 0.6) is 0 Å². The number of esters is 1. The molecule has 0 aromatic rings. The van der Waals surface area contributed by atoms with E-state index in [-0.39, 0.29) is 5.97 Å². The molecule has 2 atom stereocenters. The maximum atomic E-state index is 11.2. The number of ether oxygens (including phenoxy) is 1. The second-order valence-electron chi connectivity index (χ2n) is 5.31. The molecule has 0 amide bonds. The summed E-state index contributed by atoms with van der Waals surface area (Å²) in [5.74, 6) is 1.42. The molecule has 3 nitrogen and oxygen atoms in total. The molecule has 0 radical (unpaired) electrons. The van der Waals surface area contributed by atoms with Gasteiger partial charge in [0.25, 0.3) is 0 Å². The Morgan fingerprint density at radius 2 is 2.06 bits per heavy atom. The summed E-state index contributed by atoms with van der Waals surface area (Å²) in [5, 5.41) is 3.54. The fourth-order valence-electron chi connectivity index (χ4n) is 2.80. The molecule has 3 heteroatoms. The molecule has 0 spiro atoms. The van der Waals surface area contributed by atoms with Gasteiger partial charge < -0.3 is 10.1 Å². The van der Waals surface area contributed by atoms with Crippen LogP contribution < -0.4 is 5.32 Å². The molecule has 100 valence electrons. The molecule has 1 rings (SSSR count). The van der Waals surface area contributed by atoms with Crippen LogP contribution in [0.1, 0.15) is 52.9 Å². The summed E-state index contributed by atoms with van der Waals surface area (Å²) >= 11 is 0. The number of carbonyl (C=O) groups excluding carboxylic acids is 1. The van der Waals surface area contributed by atoms with Crippen molar-refractivity contribution < 1.29 is 9.53 Å². The van der Waals surface area contributed by atoms with E-state index in [9.17, 15) is 4.79 Å². The smallest absolute Gasteiger partial charge is 0.307 e. The van der Waals surface area contributed by atoms with Crippen LogP contribution in [0.4, 0.5) is 0 Å². The number of nitrogens with one attached hydrogen (secondary N) is 1. The van der Waals surface area contributed by atoms with E-state index in [1.165, 1.54) is 25.7 Å². The number of hydrogen-bond acceptors (Lipinski definition) is 3. The normalized spacial score (nSPS) is 24.9. The zero-order valence-corrected chi connectivity index (χ0v) is 11.5. The van der Waals surface area contributed by atoms with Crippen LogP contribution in [0.3, 0.4) is 0 Å². The topological polar surface area (TPSA) is 38.3 Å². The number of carbonyl (C=O) groups is 1. The molecule has 1 aliphatic rings. The Hall–Kier alpha value is -0.570. The third-order valence-corrected chi connectivity index (χ3v) is 3.72. The molecule has 1 aliphatic carbocycles. The van der Waals surface area contributed by atoms with Crippen molar-refractivity contribution in [2.24, 2.45) is 11.8 Å². The van der Waals surface area contributed by atoms with Crippen molar-refractivity contribution in [2.45, 2.75) is 58.9 Å². The highest BCUT2D eigenvalue weighted by Crippen LogP contribution is 2.30. The Labute approximate surface area is 105 Å². The molecule has 0 aliphatic heterocycles. The largest absolute Gasteiger partial charge is 0.466 e. The minimum Gasteiger partial charge on any atom is -0.466 e. The second-order valence-corrected chi connectivity index (χ2v) is 5.31. The van der Waals surface area contributed by atoms with E-state index < -0.39 is 0 Å². The fourth-order valence-corrected chi connectivity index (χ4v) is 2.80. The Kier molecular flexibility index (Phi) is 6.56. The van der Waals surface area contributed by atoms with Gasteiger partial charge in [0.15, 0.2) is 0 Å². The van der Waals surface area contributed by atoms with Crippen molar-refractivity contribution in [1.29, 1.82) is 0 Å². The average molecular weight is 241 g/mol. The summed E-state index contributed by atoms with van der Waals surface area (Å²) in [6, 6.07) is 0.596. The summed E-state index contributed by atoms with van der Waals surface area (Å²) in [6.45, 7) is 7.69. The zero-order chi connectivity index (χ0) is 12.7. The van der Waals surface area contributed by atoms with E-state index in [0.717, 1.165) is 18.4 Å². The monoisotopic (exact) mass is 241 g/mol. The van der Waals surface area contributed by atoms with Gasteiger partial charge in [0, 0.05) is 12.6 Å². The van der Waals surface area contributed by atoms with Gasteiger partial charge >= 0.3 is 5.97 Å². The quantitative estimate of drug-likeness (QED) is 0.727. The molecule has 0 heterocycles. The van der Waals surface area contributed by atoms with Gasteiger partial charge in [-0.15, -0.1) is 0 Å². The van der Waals surface area contributed by atoms with E-state index >= 15 is 0 Å². The van der Waals surface area contributed by atoms with Crippen LogP contribution in [0.25, 0.3) is 0 Å². The van der Waals surface area contributed by atoms with Crippen molar-refractivity contribution in [3.63, 3.8) is 0 Å². The van der Waals surface area contributed by atoms with Crippen LogP contribution in [0, 0.1) is 11.8 Å². The SMILES string of the molecule is CCOC(=O)CCNC1CCCCC1C(C)C. The first-order valence-electron chi connectivity index (χ1n) is 7.04. The van der Waals surface area contributed by atoms with Gasteiger partial charge in [-0.25, -0.2) is 0 Å². The van der Waals surface area contributed by atoms with Crippen LogP contribution >= 0.6 is 0 Å². The molecule has 2 unspecified atom stereocenters. The number of rotatable bonds is 6. The van der Waals surface area contributed by atoms with Gasteiger partial charge in [0.2, 0.25) is 0 Å². The lowest BCUT2D eigenvalue weighted by Gasteiger charge is -2.35. The van der Waals surface area contributed by atoms with E-state index in [1.807, 2.05) is 6.92 Å². The molecular weight excluding hydrogens is 214 g/mol. The third-order valence-electron chi connectivity index (χ3n) is 3.72. The van der Waals surface area contributed by atoms with Crippen LogP contribution in [-0.4, -0.2) is 25.2 Å². The summed E-state index contributed by atoms with van der Waals surface area (Å²) in [4.78, 5) is 11.2. The van der Waals surface area contributed by atoms with Crippen molar-refractivity contribution in [2.75, 3.05) is 13.2 Å². The highest BCUT2D eigenvalue weighted by molar-refractivity contribution is 5.69. The average Bonchev–Trinajstić information content (AvgIpc) is 2.30. The molecule has 0 aromatic heterocycles. The highest BCUT2D eigenvalue weighted by atomic mass is 16.5. The Bertz CT molecular complexity index is 228. The van der Waals surface area contributed by atoms with Gasteiger partial charge in [-0.3, -0.25) is 4.79 Å². The van der Waals surface area contributed by atoms with E-state index in [4.69, 9.17) is 4.74 Å². The van der Waals surface area contributed by atoms with Gasteiger partial charge in [-0.1, -0.05) is 26.7 Å². The van der Waals surface area contributed by atoms with E-state index in [0.29, 0.717) is 19.1 Å². The maximum Gasteiger partial charge on any atom is 0.307 e. The first kappa shape index (κ1) is 14.5. The molecule has 0 aromatic carbocycles. The van der Waals surface area contributed by atoms with Crippen molar-refractivity contribution in [1.82, 2.24) is 5.32 Å². The van der Waals surface area contributed by atoms with Crippen molar-refractivity contribution in [3.05, 3.63) is 0 Å². The molecule has 0 bridgehead atoms. The Balaban J connectivity index is 2.26. The first-order valence-corrected chi connectivity index (χ1v) is 7.04. The summed E-state index contributed by atoms with van der Waals surface area (Å²) in [6.07, 6.45) is 5.76. The van der Waals surface area contributed by atoms with Gasteiger partial charge in [-0.2, -0.15) is 0 Å². The molecule has 0 saturated heterocycles. The predicted octanol–water partition coefficient (Wildman–Crippen LogP) is 2.74. The Morgan fingerprint density at radius 1 is 1.35 bits per heavy atom.